The molecule has 0 aliphatic heterocycles. The van der Waals surface area contributed by atoms with Gasteiger partial charge in [-0.2, -0.15) is 9.40 Å². The summed E-state index contributed by atoms with van der Waals surface area (Å²) in [5.41, 5.74) is 0.748. The first-order valence-electron chi connectivity index (χ1n) is 5.04. The van der Waals surface area contributed by atoms with Gasteiger partial charge in [0.1, 0.15) is 11.4 Å². The summed E-state index contributed by atoms with van der Waals surface area (Å²) in [4.78, 5) is 10.7. The molecule has 0 unspecified atom stereocenters. The number of hydrogen-bond acceptors (Lipinski definition) is 4. The molecule has 0 spiro atoms. The van der Waals surface area contributed by atoms with E-state index in [2.05, 4.69) is 10.2 Å². The molecule has 17 heavy (non-hydrogen) atoms. The van der Waals surface area contributed by atoms with Crippen LogP contribution in [0.2, 0.25) is 0 Å². The van der Waals surface area contributed by atoms with E-state index >= 15 is 0 Å². The third-order valence-electron chi connectivity index (χ3n) is 2.32. The van der Waals surface area contributed by atoms with Crippen LogP contribution in [0.15, 0.2) is 4.90 Å². The predicted octanol–water partition coefficient (Wildman–Crippen LogP) is 0.122. The number of aromatic nitrogens is 2. The lowest BCUT2D eigenvalue weighted by atomic mass is 10.4. The Labute approximate surface area is 99.5 Å². The number of carbonyl (C=O) groups is 1. The molecule has 8 heteroatoms. The molecule has 0 aromatic carbocycles. The van der Waals surface area contributed by atoms with E-state index in [1.54, 1.807) is 20.8 Å². The molecule has 0 fully saturated rings. The molecule has 1 rings (SSSR count). The summed E-state index contributed by atoms with van der Waals surface area (Å²) in [6, 6.07) is 0. The van der Waals surface area contributed by atoms with Gasteiger partial charge < -0.3 is 5.11 Å². The van der Waals surface area contributed by atoms with Crippen LogP contribution in [0.25, 0.3) is 0 Å². The highest BCUT2D eigenvalue weighted by Crippen LogP contribution is 2.21. The van der Waals surface area contributed by atoms with Crippen molar-refractivity contribution in [3.63, 3.8) is 0 Å². The van der Waals surface area contributed by atoms with Gasteiger partial charge in [-0.15, -0.1) is 0 Å². The zero-order chi connectivity index (χ0) is 13.2. The standard InChI is InChI=1S/C9H15N3O4S/c1-4-12(5-8(13)14)17(15,16)9-6(2)10-11-7(9)3/h4-5H2,1-3H3,(H,10,11)(H,13,14). The zero-order valence-corrected chi connectivity index (χ0v) is 10.7. The minimum Gasteiger partial charge on any atom is -0.480 e. The van der Waals surface area contributed by atoms with E-state index in [1.165, 1.54) is 0 Å². The van der Waals surface area contributed by atoms with Gasteiger partial charge in [0, 0.05) is 6.54 Å². The summed E-state index contributed by atoms with van der Waals surface area (Å²) in [5.74, 6) is -1.19. The second-order valence-corrected chi connectivity index (χ2v) is 5.46. The Morgan fingerprint density at radius 2 is 2.06 bits per heavy atom. The van der Waals surface area contributed by atoms with Crippen molar-refractivity contribution in [2.45, 2.75) is 25.7 Å². The van der Waals surface area contributed by atoms with Crippen LogP contribution in [0.1, 0.15) is 18.3 Å². The number of carboxylic acids is 1. The van der Waals surface area contributed by atoms with E-state index in [0.29, 0.717) is 11.4 Å². The van der Waals surface area contributed by atoms with Crippen LogP contribution >= 0.6 is 0 Å². The molecular formula is C9H15N3O4S. The van der Waals surface area contributed by atoms with Crippen LogP contribution in [-0.2, 0) is 14.8 Å². The van der Waals surface area contributed by atoms with Crippen LogP contribution in [0.4, 0.5) is 0 Å². The molecule has 96 valence electrons. The van der Waals surface area contributed by atoms with Crippen molar-refractivity contribution in [2.24, 2.45) is 0 Å². The molecule has 7 nitrogen and oxygen atoms in total. The fourth-order valence-corrected chi connectivity index (χ4v) is 3.30. The number of aryl methyl sites for hydroxylation is 2. The maximum absolute atomic E-state index is 12.2. The van der Waals surface area contributed by atoms with Crippen LogP contribution in [0, 0.1) is 13.8 Å². The number of nitrogens with one attached hydrogen (secondary N) is 1. The lowest BCUT2D eigenvalue weighted by Gasteiger charge is -2.18. The van der Waals surface area contributed by atoms with Crippen molar-refractivity contribution in [2.75, 3.05) is 13.1 Å². The van der Waals surface area contributed by atoms with Crippen molar-refractivity contribution < 1.29 is 18.3 Å². The molecule has 1 heterocycles. The second kappa shape index (κ2) is 4.84. The average Bonchev–Trinajstić information content (AvgIpc) is 2.54. The predicted molar refractivity (Wildman–Crippen MR) is 60.1 cm³/mol. The molecule has 0 aliphatic rings. The monoisotopic (exact) mass is 261 g/mol. The number of carboxylic acid groups (broad SMARTS) is 1. The van der Waals surface area contributed by atoms with Gasteiger partial charge in [-0.1, -0.05) is 6.92 Å². The smallest absolute Gasteiger partial charge is 0.318 e. The molecule has 1 aromatic heterocycles. The van der Waals surface area contributed by atoms with Crippen molar-refractivity contribution in [3.8, 4) is 0 Å². The summed E-state index contributed by atoms with van der Waals surface area (Å²) < 4.78 is 25.3. The number of rotatable bonds is 5. The molecule has 2 N–H and O–H groups in total. The largest absolute Gasteiger partial charge is 0.480 e. The third kappa shape index (κ3) is 2.64. The summed E-state index contributed by atoms with van der Waals surface area (Å²) in [5, 5.41) is 15.1. The minimum atomic E-state index is -3.81. The molecule has 0 aliphatic carbocycles. The Hall–Kier alpha value is -1.41. The Bertz CT molecular complexity index is 501. The number of sulfonamides is 1. The molecule has 0 atom stereocenters. The van der Waals surface area contributed by atoms with Gasteiger partial charge in [-0.05, 0) is 13.8 Å². The average molecular weight is 261 g/mol. The highest BCUT2D eigenvalue weighted by Gasteiger charge is 2.29. The molecule has 0 amide bonds. The van der Waals surface area contributed by atoms with Crippen molar-refractivity contribution >= 4 is 16.0 Å². The number of likely N-dealkylation sites (N-methyl/N-ethyl adjacent to an activating group) is 1. The first-order valence-corrected chi connectivity index (χ1v) is 6.48. The van der Waals surface area contributed by atoms with E-state index in [1.807, 2.05) is 0 Å². The topological polar surface area (TPSA) is 103 Å². The van der Waals surface area contributed by atoms with Crippen LogP contribution in [0.3, 0.4) is 0 Å². The fourth-order valence-electron chi connectivity index (χ4n) is 1.57. The zero-order valence-electron chi connectivity index (χ0n) is 9.89. The summed E-state index contributed by atoms with van der Waals surface area (Å²) in [6.45, 7) is 4.28. The van der Waals surface area contributed by atoms with E-state index in [9.17, 15) is 13.2 Å². The highest BCUT2D eigenvalue weighted by molar-refractivity contribution is 7.89. The van der Waals surface area contributed by atoms with E-state index in [-0.39, 0.29) is 11.4 Å². The number of H-pyrrole nitrogens is 1. The molecule has 1 aromatic rings. The molecule has 0 bridgehead atoms. The van der Waals surface area contributed by atoms with Gasteiger partial charge >= 0.3 is 5.97 Å². The van der Waals surface area contributed by atoms with E-state index in [0.717, 1.165) is 4.31 Å². The maximum Gasteiger partial charge on any atom is 0.318 e. The van der Waals surface area contributed by atoms with Crippen LogP contribution in [-0.4, -0.2) is 47.1 Å². The molecule has 0 saturated heterocycles. The lowest BCUT2D eigenvalue weighted by Crippen LogP contribution is -2.35. The minimum absolute atomic E-state index is 0.0561. The van der Waals surface area contributed by atoms with E-state index in [4.69, 9.17) is 5.11 Å². The SMILES string of the molecule is CCN(CC(=O)O)S(=O)(=O)c1c(C)n[nH]c1C. The molecular weight excluding hydrogens is 246 g/mol. The van der Waals surface area contributed by atoms with Crippen LogP contribution in [0.5, 0.6) is 0 Å². The van der Waals surface area contributed by atoms with Gasteiger partial charge in [-0.3, -0.25) is 9.89 Å². The van der Waals surface area contributed by atoms with Crippen molar-refractivity contribution in [3.05, 3.63) is 11.4 Å². The number of nitrogens with zero attached hydrogens (tertiary/aromatic N) is 2. The van der Waals surface area contributed by atoms with Crippen molar-refractivity contribution in [1.29, 1.82) is 0 Å². The summed E-state index contributed by atoms with van der Waals surface area (Å²) in [6.07, 6.45) is 0. The Balaban J connectivity index is 3.22. The van der Waals surface area contributed by atoms with Gasteiger partial charge in [0.05, 0.1) is 11.4 Å². The second-order valence-electron chi connectivity index (χ2n) is 3.59. The highest BCUT2D eigenvalue weighted by atomic mass is 32.2. The molecule has 0 radical (unpaired) electrons. The van der Waals surface area contributed by atoms with Gasteiger partial charge in [0.15, 0.2) is 0 Å². The summed E-state index contributed by atoms with van der Waals surface area (Å²) >= 11 is 0. The quantitative estimate of drug-likeness (QED) is 0.783. The van der Waals surface area contributed by atoms with Crippen LogP contribution < -0.4 is 0 Å². The maximum atomic E-state index is 12.2. The normalized spacial score (nSPS) is 12.0. The third-order valence-corrected chi connectivity index (χ3v) is 4.51. The first-order chi connectivity index (χ1) is 7.80. The molecule has 0 saturated carbocycles. The first kappa shape index (κ1) is 13.7. The van der Waals surface area contributed by atoms with E-state index < -0.39 is 22.5 Å². The number of aliphatic carboxylic acids is 1. The van der Waals surface area contributed by atoms with Crippen molar-refractivity contribution in [1.82, 2.24) is 14.5 Å². The van der Waals surface area contributed by atoms with Gasteiger partial charge in [-0.25, -0.2) is 8.42 Å². The lowest BCUT2D eigenvalue weighted by molar-refractivity contribution is -0.137. The summed E-state index contributed by atoms with van der Waals surface area (Å²) in [7, 11) is -3.81. The number of aromatic amines is 1. The van der Waals surface area contributed by atoms with Gasteiger partial charge in [0.25, 0.3) is 0 Å². The Morgan fingerprint density at radius 3 is 2.41 bits per heavy atom. The number of hydrogen-bond donors (Lipinski definition) is 2. The Kier molecular flexibility index (Phi) is 3.89. The van der Waals surface area contributed by atoms with Gasteiger partial charge in [0.2, 0.25) is 10.0 Å². The fraction of sp³-hybridized carbons (Fsp3) is 0.556. The Morgan fingerprint density at radius 1 is 1.47 bits per heavy atom.